The van der Waals surface area contributed by atoms with Crippen LogP contribution < -0.4 is 0 Å². The van der Waals surface area contributed by atoms with Gasteiger partial charge < -0.3 is 9.53 Å². The van der Waals surface area contributed by atoms with Crippen LogP contribution in [0, 0.1) is 12.3 Å². The van der Waals surface area contributed by atoms with E-state index >= 15 is 0 Å². The van der Waals surface area contributed by atoms with Crippen LogP contribution in [-0.2, 0) is 16.0 Å². The molecule has 0 bridgehead atoms. The molecular formula is C25H30N2O2. The van der Waals surface area contributed by atoms with Gasteiger partial charge >= 0.3 is 0 Å². The van der Waals surface area contributed by atoms with Crippen molar-refractivity contribution in [2.45, 2.75) is 64.9 Å². The molecule has 0 radical (unpaired) electrons. The normalized spacial score (nSPS) is 25.6. The maximum absolute atomic E-state index is 11.2. The zero-order chi connectivity index (χ0) is 20.6. The Kier molecular flexibility index (Phi) is 4.97. The van der Waals surface area contributed by atoms with Crippen molar-refractivity contribution in [3.63, 3.8) is 0 Å². The first-order valence-corrected chi connectivity index (χ1v) is 10.5. The second kappa shape index (κ2) is 7.33. The van der Waals surface area contributed by atoms with Gasteiger partial charge in [-0.05, 0) is 69.7 Å². The Morgan fingerprint density at radius 3 is 2.79 bits per heavy atom. The lowest BCUT2D eigenvalue weighted by Gasteiger charge is -2.54. The summed E-state index contributed by atoms with van der Waals surface area (Å²) in [5, 5.41) is 4.72. The zero-order valence-electron chi connectivity index (χ0n) is 17.7. The van der Waals surface area contributed by atoms with Crippen molar-refractivity contribution in [1.29, 1.82) is 0 Å². The van der Waals surface area contributed by atoms with E-state index in [1.807, 2.05) is 17.8 Å². The van der Waals surface area contributed by atoms with Gasteiger partial charge in [0.25, 0.3) is 0 Å². The summed E-state index contributed by atoms with van der Waals surface area (Å²) in [5.74, 6) is 0.722. The van der Waals surface area contributed by atoms with Crippen LogP contribution in [0.3, 0.4) is 0 Å². The van der Waals surface area contributed by atoms with E-state index in [-0.39, 0.29) is 5.41 Å². The number of nitrogens with zero attached hydrogens (tertiary/aromatic N) is 2. The molecule has 1 aromatic heterocycles. The van der Waals surface area contributed by atoms with E-state index in [9.17, 15) is 4.79 Å². The number of allylic oxidation sites excluding steroid dienone is 1. The molecule has 4 heteroatoms. The topological polar surface area (TPSA) is 44.1 Å². The fourth-order valence-electron chi connectivity index (χ4n) is 5.28. The average molecular weight is 391 g/mol. The van der Waals surface area contributed by atoms with Crippen LogP contribution in [0.2, 0.25) is 0 Å². The lowest BCUT2D eigenvalue weighted by molar-refractivity contribution is -0.119. The minimum absolute atomic E-state index is 0.165. The Bertz CT molecular complexity index is 969. The first-order valence-electron chi connectivity index (χ1n) is 10.5. The van der Waals surface area contributed by atoms with Crippen molar-refractivity contribution in [2.24, 2.45) is 5.41 Å². The average Bonchev–Trinajstić information content (AvgIpc) is 3.08. The molecule has 0 spiro atoms. The molecule has 1 saturated carbocycles. The highest BCUT2D eigenvalue weighted by Gasteiger charge is 2.55. The molecule has 0 aliphatic heterocycles. The molecule has 29 heavy (non-hydrogen) atoms. The number of aryl methyl sites for hydroxylation is 1. The number of rotatable bonds is 6. The molecule has 0 saturated heterocycles. The summed E-state index contributed by atoms with van der Waals surface area (Å²) in [7, 11) is 0. The first-order chi connectivity index (χ1) is 13.9. The van der Waals surface area contributed by atoms with E-state index < -0.39 is 5.60 Å². The van der Waals surface area contributed by atoms with Crippen LogP contribution in [0.4, 0.5) is 0 Å². The lowest BCUT2D eigenvalue weighted by Crippen LogP contribution is -2.54. The van der Waals surface area contributed by atoms with Crippen LogP contribution in [0.5, 0.6) is 0 Å². The van der Waals surface area contributed by atoms with E-state index in [2.05, 4.69) is 50.8 Å². The maximum Gasteiger partial charge on any atom is 0.120 e. The highest BCUT2D eigenvalue weighted by molar-refractivity contribution is 5.62. The monoisotopic (exact) mass is 390 g/mol. The van der Waals surface area contributed by atoms with Gasteiger partial charge in [-0.25, -0.2) is 4.68 Å². The molecular weight excluding hydrogens is 360 g/mol. The fourth-order valence-corrected chi connectivity index (χ4v) is 5.28. The van der Waals surface area contributed by atoms with Crippen LogP contribution in [0.15, 0.2) is 48.4 Å². The number of hydrogen-bond donors (Lipinski definition) is 0. The minimum Gasteiger partial charge on any atom is -0.492 e. The third kappa shape index (κ3) is 3.25. The summed E-state index contributed by atoms with van der Waals surface area (Å²) in [6, 6.07) is 8.48. The van der Waals surface area contributed by atoms with Gasteiger partial charge in [0, 0.05) is 11.8 Å². The van der Waals surface area contributed by atoms with Gasteiger partial charge in [-0.3, -0.25) is 0 Å². The maximum atomic E-state index is 11.2. The van der Waals surface area contributed by atoms with Gasteiger partial charge in [-0.15, -0.1) is 0 Å². The highest BCUT2D eigenvalue weighted by Crippen LogP contribution is 2.57. The molecule has 0 N–H and O–H groups in total. The van der Waals surface area contributed by atoms with Crippen molar-refractivity contribution >= 4 is 12.4 Å². The molecule has 2 aliphatic carbocycles. The Morgan fingerprint density at radius 2 is 2.10 bits per heavy atom. The summed E-state index contributed by atoms with van der Waals surface area (Å²) in [6.07, 6.45) is 10.5. The number of hydrogen-bond acceptors (Lipinski definition) is 3. The van der Waals surface area contributed by atoms with Crippen LogP contribution in [0.25, 0.3) is 11.8 Å². The Hall–Kier alpha value is -2.62. The minimum atomic E-state index is -0.395. The number of fused-ring (bicyclic) bond motifs is 2. The van der Waals surface area contributed by atoms with Crippen molar-refractivity contribution in [3.8, 4) is 5.69 Å². The molecule has 152 valence electrons. The quantitative estimate of drug-likeness (QED) is 0.478. The van der Waals surface area contributed by atoms with Crippen LogP contribution in [0.1, 0.15) is 62.8 Å². The number of aldehydes is 1. The zero-order valence-corrected chi connectivity index (χ0v) is 17.7. The summed E-state index contributed by atoms with van der Waals surface area (Å²) >= 11 is 0. The van der Waals surface area contributed by atoms with Crippen molar-refractivity contribution in [1.82, 2.24) is 9.78 Å². The predicted molar refractivity (Wildman–Crippen MR) is 116 cm³/mol. The fraction of sp³-hybridized carbons (Fsp3) is 0.440. The first kappa shape index (κ1) is 19.7. The Labute approximate surface area is 173 Å². The second-order valence-corrected chi connectivity index (χ2v) is 8.84. The van der Waals surface area contributed by atoms with Gasteiger partial charge in [0.1, 0.15) is 11.9 Å². The predicted octanol–water partition coefficient (Wildman–Crippen LogP) is 5.58. The van der Waals surface area contributed by atoms with E-state index in [1.165, 1.54) is 22.4 Å². The van der Waals surface area contributed by atoms with Crippen molar-refractivity contribution < 1.29 is 9.53 Å². The second-order valence-electron chi connectivity index (χ2n) is 8.84. The Balaban J connectivity index is 1.78. The van der Waals surface area contributed by atoms with E-state index in [1.54, 1.807) is 0 Å². The van der Waals surface area contributed by atoms with Crippen LogP contribution >= 0.6 is 0 Å². The number of benzene rings is 1. The summed E-state index contributed by atoms with van der Waals surface area (Å²) in [6.45, 7) is 10.3. The van der Waals surface area contributed by atoms with Gasteiger partial charge in [0.2, 0.25) is 0 Å². The van der Waals surface area contributed by atoms with Gasteiger partial charge in [-0.2, -0.15) is 5.10 Å². The molecule has 0 amide bonds. The highest BCUT2D eigenvalue weighted by atomic mass is 16.5. The number of carbonyl (C=O) groups excluding carboxylic acids is 1. The third-order valence-corrected chi connectivity index (χ3v) is 6.80. The SMILES string of the molecule is C=C(C)O[C@@]1(CCC=O)CCCC2=Cc3c(cnn3-c3ccc(C)cc3)C[C@@]21C. The van der Waals surface area contributed by atoms with Crippen LogP contribution in [-0.4, -0.2) is 21.7 Å². The summed E-state index contributed by atoms with van der Waals surface area (Å²) in [4.78, 5) is 11.2. The summed E-state index contributed by atoms with van der Waals surface area (Å²) < 4.78 is 8.50. The molecule has 2 atom stereocenters. The molecule has 1 aromatic carbocycles. The number of ether oxygens (including phenoxy) is 1. The van der Waals surface area contributed by atoms with Crippen molar-refractivity contribution in [2.75, 3.05) is 0 Å². The number of carbonyl (C=O) groups is 1. The summed E-state index contributed by atoms with van der Waals surface area (Å²) in [5.41, 5.74) is 5.57. The number of aromatic nitrogens is 2. The van der Waals surface area contributed by atoms with E-state index in [4.69, 9.17) is 9.84 Å². The molecule has 4 rings (SSSR count). The molecule has 1 heterocycles. The molecule has 1 fully saturated rings. The van der Waals surface area contributed by atoms with Gasteiger partial charge in [0.05, 0.1) is 23.3 Å². The third-order valence-electron chi connectivity index (χ3n) is 6.80. The van der Waals surface area contributed by atoms with Gasteiger partial charge in [-0.1, -0.05) is 36.8 Å². The smallest absolute Gasteiger partial charge is 0.120 e. The van der Waals surface area contributed by atoms with E-state index in [0.717, 1.165) is 49.8 Å². The molecule has 0 unspecified atom stereocenters. The van der Waals surface area contributed by atoms with Crippen molar-refractivity contribution in [3.05, 3.63) is 65.2 Å². The standard InChI is InChI=1S/C25H30N2O2/c1-18(2)29-25(13-6-14-28)12-5-7-21-15-23-20(16-24(21,25)4)17-26-27(23)22-10-8-19(3)9-11-22/h8-11,14-15,17H,1,5-7,12-13,16H2,2-4H3/t24-,25+/m0/s1. The van der Waals surface area contributed by atoms with Gasteiger partial charge in [0.15, 0.2) is 0 Å². The Morgan fingerprint density at radius 1 is 1.34 bits per heavy atom. The largest absolute Gasteiger partial charge is 0.492 e. The molecule has 2 aliphatic rings. The van der Waals surface area contributed by atoms with E-state index in [0.29, 0.717) is 6.42 Å². The molecule has 2 aromatic rings. The lowest BCUT2D eigenvalue weighted by atomic mass is 9.56. The molecule has 4 nitrogen and oxygen atoms in total.